The van der Waals surface area contributed by atoms with Gasteiger partial charge in [0, 0.05) is 10.7 Å². The summed E-state index contributed by atoms with van der Waals surface area (Å²) in [7, 11) is 0. The third kappa shape index (κ3) is 3.34. The first kappa shape index (κ1) is 12.1. The zero-order chi connectivity index (χ0) is 11.4. The molecule has 0 spiro atoms. The Morgan fingerprint density at radius 3 is 2.94 bits per heavy atom. The molecule has 1 aromatic rings. The zero-order valence-electron chi connectivity index (χ0n) is 8.88. The average Bonchev–Trinajstić information content (AvgIpc) is 2.29. The molecule has 1 saturated heterocycles. The predicted molar refractivity (Wildman–Crippen MR) is 68.0 cm³/mol. The molecule has 0 aromatic carbocycles. The molecule has 1 aliphatic rings. The molecule has 88 valence electrons. The third-order valence-corrected chi connectivity index (χ3v) is 3.39. The first-order chi connectivity index (χ1) is 7.75. The maximum atomic E-state index is 6.02. The van der Waals surface area contributed by atoms with Crippen molar-refractivity contribution in [2.45, 2.75) is 12.8 Å². The fourth-order valence-corrected chi connectivity index (χ4v) is 2.44. The number of aromatic nitrogens is 1. The van der Waals surface area contributed by atoms with Gasteiger partial charge in [0.05, 0.1) is 6.61 Å². The summed E-state index contributed by atoms with van der Waals surface area (Å²) in [6.07, 6.45) is 4.02. The highest BCUT2D eigenvalue weighted by Gasteiger charge is 2.14. The zero-order valence-corrected chi connectivity index (χ0v) is 11.2. The van der Waals surface area contributed by atoms with Gasteiger partial charge in [-0.1, -0.05) is 11.6 Å². The Bertz CT molecular complexity index is 356. The van der Waals surface area contributed by atoms with Gasteiger partial charge in [-0.2, -0.15) is 0 Å². The summed E-state index contributed by atoms with van der Waals surface area (Å²) in [6.45, 7) is 2.86. The SMILES string of the molecule is Clc1cc(Br)cnc1OCC1CCNCC1. The van der Waals surface area contributed by atoms with Gasteiger partial charge in [0.15, 0.2) is 0 Å². The van der Waals surface area contributed by atoms with E-state index in [1.54, 1.807) is 12.3 Å². The lowest BCUT2D eigenvalue weighted by Gasteiger charge is -2.22. The van der Waals surface area contributed by atoms with Crippen LogP contribution in [0.15, 0.2) is 16.7 Å². The van der Waals surface area contributed by atoms with Crippen molar-refractivity contribution in [1.82, 2.24) is 10.3 Å². The molecule has 1 aliphatic heterocycles. The van der Waals surface area contributed by atoms with E-state index < -0.39 is 0 Å². The molecule has 16 heavy (non-hydrogen) atoms. The second-order valence-corrected chi connectivity index (χ2v) is 5.27. The molecule has 0 amide bonds. The minimum absolute atomic E-state index is 0.531. The quantitative estimate of drug-likeness (QED) is 0.932. The minimum atomic E-state index is 0.531. The van der Waals surface area contributed by atoms with E-state index in [9.17, 15) is 0 Å². The van der Waals surface area contributed by atoms with Crippen molar-refractivity contribution in [3.05, 3.63) is 21.8 Å². The summed E-state index contributed by atoms with van der Waals surface area (Å²) >= 11 is 9.33. The smallest absolute Gasteiger partial charge is 0.232 e. The molecule has 0 unspecified atom stereocenters. The van der Waals surface area contributed by atoms with Crippen LogP contribution in [-0.4, -0.2) is 24.7 Å². The van der Waals surface area contributed by atoms with Gasteiger partial charge in [-0.15, -0.1) is 0 Å². The van der Waals surface area contributed by atoms with Crippen LogP contribution in [0.3, 0.4) is 0 Å². The van der Waals surface area contributed by atoms with E-state index in [-0.39, 0.29) is 0 Å². The highest BCUT2D eigenvalue weighted by molar-refractivity contribution is 9.10. The summed E-state index contributed by atoms with van der Waals surface area (Å²) in [4.78, 5) is 4.15. The maximum Gasteiger partial charge on any atom is 0.232 e. The standard InChI is InChI=1S/C11H14BrClN2O/c12-9-5-10(13)11(15-6-9)16-7-8-1-3-14-4-2-8/h5-6,8,14H,1-4,7H2. The number of pyridine rings is 1. The van der Waals surface area contributed by atoms with Crippen LogP contribution in [0.25, 0.3) is 0 Å². The Morgan fingerprint density at radius 1 is 1.50 bits per heavy atom. The summed E-state index contributed by atoms with van der Waals surface area (Å²) in [5, 5.41) is 3.89. The molecule has 2 heterocycles. The number of nitrogens with zero attached hydrogens (tertiary/aromatic N) is 1. The van der Waals surface area contributed by atoms with E-state index in [4.69, 9.17) is 16.3 Å². The number of hydrogen-bond acceptors (Lipinski definition) is 3. The fourth-order valence-electron chi connectivity index (χ4n) is 1.75. The number of nitrogens with one attached hydrogen (secondary N) is 1. The van der Waals surface area contributed by atoms with Crippen LogP contribution in [0.2, 0.25) is 5.02 Å². The second-order valence-electron chi connectivity index (χ2n) is 3.94. The molecule has 0 atom stereocenters. The van der Waals surface area contributed by atoms with Gasteiger partial charge < -0.3 is 10.1 Å². The molecule has 0 saturated carbocycles. The van der Waals surface area contributed by atoms with Gasteiger partial charge >= 0.3 is 0 Å². The molecule has 2 rings (SSSR count). The number of rotatable bonds is 3. The summed E-state index contributed by atoms with van der Waals surface area (Å²) in [5.74, 6) is 1.14. The van der Waals surface area contributed by atoms with Crippen molar-refractivity contribution in [1.29, 1.82) is 0 Å². The van der Waals surface area contributed by atoms with E-state index in [1.165, 1.54) is 0 Å². The first-order valence-electron chi connectivity index (χ1n) is 5.40. The Morgan fingerprint density at radius 2 is 2.25 bits per heavy atom. The molecule has 3 nitrogen and oxygen atoms in total. The number of piperidine rings is 1. The molecular weight excluding hydrogens is 291 g/mol. The van der Waals surface area contributed by atoms with E-state index in [1.807, 2.05) is 0 Å². The largest absolute Gasteiger partial charge is 0.476 e. The lowest BCUT2D eigenvalue weighted by Crippen LogP contribution is -2.30. The molecule has 0 radical (unpaired) electrons. The summed E-state index contributed by atoms with van der Waals surface area (Å²) in [6, 6.07) is 1.80. The number of hydrogen-bond donors (Lipinski definition) is 1. The second kappa shape index (κ2) is 5.84. The van der Waals surface area contributed by atoms with Crippen molar-refractivity contribution in [3.63, 3.8) is 0 Å². The normalized spacial score (nSPS) is 17.4. The van der Waals surface area contributed by atoms with Crippen LogP contribution in [0.4, 0.5) is 0 Å². The Hall–Kier alpha value is -0.320. The van der Waals surface area contributed by atoms with Crippen molar-refractivity contribution < 1.29 is 4.74 Å². The van der Waals surface area contributed by atoms with E-state index in [0.29, 0.717) is 23.4 Å². The minimum Gasteiger partial charge on any atom is -0.476 e. The van der Waals surface area contributed by atoms with Crippen LogP contribution >= 0.6 is 27.5 Å². The molecule has 0 bridgehead atoms. The van der Waals surface area contributed by atoms with Crippen molar-refractivity contribution in [3.8, 4) is 5.88 Å². The molecule has 1 N–H and O–H groups in total. The van der Waals surface area contributed by atoms with Crippen LogP contribution in [0.5, 0.6) is 5.88 Å². The van der Waals surface area contributed by atoms with Crippen LogP contribution in [-0.2, 0) is 0 Å². The van der Waals surface area contributed by atoms with Gasteiger partial charge in [0.2, 0.25) is 5.88 Å². The van der Waals surface area contributed by atoms with Crippen LogP contribution < -0.4 is 10.1 Å². The van der Waals surface area contributed by atoms with Crippen LogP contribution in [0, 0.1) is 5.92 Å². The van der Waals surface area contributed by atoms with Gasteiger partial charge in [-0.3, -0.25) is 0 Å². The van der Waals surface area contributed by atoms with Crippen molar-refractivity contribution >= 4 is 27.5 Å². The molecular formula is C11H14BrClN2O. The lowest BCUT2D eigenvalue weighted by atomic mass is 9.99. The summed E-state index contributed by atoms with van der Waals surface area (Å²) in [5.41, 5.74) is 0. The highest BCUT2D eigenvalue weighted by Crippen LogP contribution is 2.25. The Kier molecular flexibility index (Phi) is 4.44. The third-order valence-electron chi connectivity index (χ3n) is 2.69. The molecule has 5 heteroatoms. The fraction of sp³-hybridized carbons (Fsp3) is 0.545. The van der Waals surface area contributed by atoms with E-state index in [2.05, 4.69) is 26.2 Å². The van der Waals surface area contributed by atoms with E-state index in [0.717, 1.165) is 30.4 Å². The van der Waals surface area contributed by atoms with Crippen LogP contribution in [0.1, 0.15) is 12.8 Å². The number of ether oxygens (including phenoxy) is 1. The number of halogens is 2. The van der Waals surface area contributed by atoms with Crippen molar-refractivity contribution in [2.75, 3.05) is 19.7 Å². The molecule has 1 fully saturated rings. The maximum absolute atomic E-state index is 6.02. The van der Waals surface area contributed by atoms with E-state index >= 15 is 0 Å². The van der Waals surface area contributed by atoms with Crippen molar-refractivity contribution in [2.24, 2.45) is 5.92 Å². The average molecular weight is 306 g/mol. The highest BCUT2D eigenvalue weighted by atomic mass is 79.9. The monoisotopic (exact) mass is 304 g/mol. The topological polar surface area (TPSA) is 34.1 Å². The van der Waals surface area contributed by atoms with Gasteiger partial charge in [0.25, 0.3) is 0 Å². The van der Waals surface area contributed by atoms with Gasteiger partial charge in [-0.25, -0.2) is 4.98 Å². The van der Waals surface area contributed by atoms with Gasteiger partial charge in [0.1, 0.15) is 5.02 Å². The first-order valence-corrected chi connectivity index (χ1v) is 6.57. The Labute approximate surface area is 109 Å². The molecule has 0 aliphatic carbocycles. The Balaban J connectivity index is 1.88. The predicted octanol–water partition coefficient (Wildman–Crippen LogP) is 2.88. The summed E-state index contributed by atoms with van der Waals surface area (Å²) < 4.78 is 6.51. The van der Waals surface area contributed by atoms with Gasteiger partial charge in [-0.05, 0) is 53.8 Å². The molecule has 1 aromatic heterocycles. The lowest BCUT2D eigenvalue weighted by molar-refractivity contribution is 0.209.